The molecule has 0 aliphatic heterocycles. The van der Waals surface area contributed by atoms with Crippen molar-refractivity contribution in [3.8, 4) is 17.5 Å². The van der Waals surface area contributed by atoms with Crippen LogP contribution in [0.3, 0.4) is 0 Å². The Kier molecular flexibility index (Phi) is 6.09. The highest BCUT2D eigenvalue weighted by atomic mass is 16.2. The van der Waals surface area contributed by atoms with Crippen molar-refractivity contribution < 1.29 is 4.79 Å². The second kappa shape index (κ2) is 9.89. The van der Waals surface area contributed by atoms with Gasteiger partial charge in [0.25, 0.3) is 11.5 Å². The normalized spacial score (nSPS) is 11.8. The third kappa shape index (κ3) is 4.35. The number of benzene rings is 2. The zero-order chi connectivity index (χ0) is 27.8. The number of fused-ring (bicyclic) bond motifs is 2. The van der Waals surface area contributed by atoms with Crippen LogP contribution >= 0.6 is 0 Å². The maximum atomic E-state index is 14.1. The average Bonchev–Trinajstić information content (AvgIpc) is 3.53. The summed E-state index contributed by atoms with van der Waals surface area (Å²) in [4.78, 5) is 32.4. The summed E-state index contributed by atoms with van der Waals surface area (Å²) in [6.45, 7) is 1.78. The minimum atomic E-state index is -0.659. The molecular formula is C30H24N8O2. The molecule has 0 spiro atoms. The summed E-state index contributed by atoms with van der Waals surface area (Å²) in [5.41, 5.74) is 9.01. The monoisotopic (exact) mass is 528 g/mol. The Morgan fingerprint density at radius 1 is 1.02 bits per heavy atom. The first-order chi connectivity index (χ1) is 19.4. The molecule has 0 aliphatic rings. The third-order valence-corrected chi connectivity index (χ3v) is 6.51. The van der Waals surface area contributed by atoms with Crippen LogP contribution in [-0.2, 0) is 7.05 Å². The molecule has 4 heterocycles. The fourth-order valence-electron chi connectivity index (χ4n) is 4.68. The van der Waals surface area contributed by atoms with Crippen LogP contribution in [0.25, 0.3) is 22.1 Å². The Morgan fingerprint density at radius 2 is 1.82 bits per heavy atom. The number of nitrogens with two attached hydrogens (primary N) is 1. The highest BCUT2D eigenvalue weighted by Gasteiger charge is 2.24. The molecule has 2 aromatic carbocycles. The number of nitrogen functional groups attached to an aromatic ring is 1. The molecule has 10 heteroatoms. The number of aryl methyl sites for hydroxylation is 1. The van der Waals surface area contributed by atoms with Crippen molar-refractivity contribution in [1.82, 2.24) is 34.3 Å². The lowest BCUT2D eigenvalue weighted by Gasteiger charge is -2.20. The molecule has 40 heavy (non-hydrogen) atoms. The molecule has 1 atom stereocenters. The number of amides is 1. The van der Waals surface area contributed by atoms with E-state index in [4.69, 9.17) is 10.7 Å². The van der Waals surface area contributed by atoms with Gasteiger partial charge in [0.1, 0.15) is 11.4 Å². The van der Waals surface area contributed by atoms with Crippen molar-refractivity contribution in [2.24, 2.45) is 7.05 Å². The van der Waals surface area contributed by atoms with Gasteiger partial charge in [-0.3, -0.25) is 18.8 Å². The second-order valence-electron chi connectivity index (χ2n) is 9.28. The standard InChI is InChI=1S/C30H24N8O2/c1-19(33-29(39)26-24-13-6-7-16-37(24)35-27(26)31)28-34-23-12-8-9-21(15-14-20-17-32-36(2)18-20)25(23)30(40)38(28)22-10-4-3-5-11-22/h3-13,16-19H,1-2H3,(H2,31,35)(H,33,39)/t19-/m0/s1. The summed E-state index contributed by atoms with van der Waals surface area (Å²) in [5, 5.41) is 11.7. The molecule has 0 aliphatic carbocycles. The maximum absolute atomic E-state index is 14.1. The van der Waals surface area contributed by atoms with Gasteiger partial charge in [-0.05, 0) is 43.3 Å². The molecule has 0 fully saturated rings. The number of anilines is 1. The van der Waals surface area contributed by atoms with Crippen molar-refractivity contribution in [3.05, 3.63) is 118 Å². The fourth-order valence-corrected chi connectivity index (χ4v) is 4.68. The molecule has 1 amide bonds. The van der Waals surface area contributed by atoms with E-state index in [1.165, 1.54) is 4.57 Å². The van der Waals surface area contributed by atoms with Crippen molar-refractivity contribution in [1.29, 1.82) is 0 Å². The van der Waals surface area contributed by atoms with E-state index >= 15 is 0 Å². The molecular weight excluding hydrogens is 504 g/mol. The fraction of sp³-hybridized carbons (Fsp3) is 0.100. The molecule has 6 rings (SSSR count). The summed E-state index contributed by atoms with van der Waals surface area (Å²) in [7, 11) is 1.82. The Hall–Kier alpha value is -5.69. The third-order valence-electron chi connectivity index (χ3n) is 6.51. The van der Waals surface area contributed by atoms with Crippen LogP contribution in [0.1, 0.15) is 40.3 Å². The first-order valence-corrected chi connectivity index (χ1v) is 12.6. The Balaban J connectivity index is 1.48. The lowest BCUT2D eigenvalue weighted by Crippen LogP contribution is -2.33. The van der Waals surface area contributed by atoms with Gasteiger partial charge in [0, 0.05) is 25.0 Å². The van der Waals surface area contributed by atoms with Crippen LogP contribution in [0.2, 0.25) is 0 Å². The highest BCUT2D eigenvalue weighted by molar-refractivity contribution is 6.05. The number of pyridine rings is 1. The number of carbonyl (C=O) groups excluding carboxylic acids is 1. The van der Waals surface area contributed by atoms with Crippen LogP contribution in [0.4, 0.5) is 5.82 Å². The van der Waals surface area contributed by atoms with Gasteiger partial charge in [-0.25, -0.2) is 9.50 Å². The Labute approximate surface area is 228 Å². The van der Waals surface area contributed by atoms with Gasteiger partial charge in [-0.1, -0.05) is 42.2 Å². The summed E-state index contributed by atoms with van der Waals surface area (Å²) in [6, 6.07) is 19.3. The van der Waals surface area contributed by atoms with Gasteiger partial charge in [-0.2, -0.15) is 5.10 Å². The number of carbonyl (C=O) groups is 1. The van der Waals surface area contributed by atoms with Gasteiger partial charge >= 0.3 is 0 Å². The van der Waals surface area contributed by atoms with Gasteiger partial charge in [0.2, 0.25) is 0 Å². The van der Waals surface area contributed by atoms with E-state index in [1.54, 1.807) is 59.0 Å². The summed E-state index contributed by atoms with van der Waals surface area (Å²) < 4.78 is 4.73. The lowest BCUT2D eigenvalue weighted by molar-refractivity contribution is 0.0940. The van der Waals surface area contributed by atoms with Crippen molar-refractivity contribution in [3.63, 3.8) is 0 Å². The molecule has 0 unspecified atom stereocenters. The molecule has 196 valence electrons. The summed E-state index contributed by atoms with van der Waals surface area (Å²) in [6.07, 6.45) is 5.19. The summed E-state index contributed by atoms with van der Waals surface area (Å²) in [5.74, 6) is 6.24. The van der Waals surface area contributed by atoms with Crippen LogP contribution in [0, 0.1) is 11.8 Å². The maximum Gasteiger partial charge on any atom is 0.267 e. The minimum absolute atomic E-state index is 0.111. The first-order valence-electron chi connectivity index (χ1n) is 12.6. The predicted molar refractivity (Wildman–Crippen MR) is 152 cm³/mol. The van der Waals surface area contributed by atoms with E-state index in [0.717, 1.165) is 5.56 Å². The van der Waals surface area contributed by atoms with Crippen LogP contribution in [0.5, 0.6) is 0 Å². The quantitative estimate of drug-likeness (QED) is 0.339. The SMILES string of the molecule is C[C@H](NC(=O)c1c(N)nn2ccccc12)c1nc2cccc(C#Cc3cnn(C)c3)c2c(=O)n1-c1ccccc1. The zero-order valence-electron chi connectivity index (χ0n) is 21.7. The van der Waals surface area contributed by atoms with Crippen LogP contribution in [0.15, 0.2) is 90.1 Å². The van der Waals surface area contributed by atoms with Crippen molar-refractivity contribution >= 4 is 28.1 Å². The molecule has 0 saturated carbocycles. The minimum Gasteiger partial charge on any atom is -0.382 e. The molecule has 10 nitrogen and oxygen atoms in total. The number of hydrogen-bond donors (Lipinski definition) is 2. The zero-order valence-corrected chi connectivity index (χ0v) is 21.7. The summed E-state index contributed by atoms with van der Waals surface area (Å²) >= 11 is 0. The van der Waals surface area contributed by atoms with Crippen molar-refractivity contribution in [2.45, 2.75) is 13.0 Å². The van der Waals surface area contributed by atoms with Gasteiger partial charge in [-0.15, -0.1) is 5.10 Å². The van der Waals surface area contributed by atoms with Gasteiger partial charge < -0.3 is 11.1 Å². The van der Waals surface area contributed by atoms with Crippen LogP contribution < -0.4 is 16.6 Å². The lowest BCUT2D eigenvalue weighted by atomic mass is 10.1. The second-order valence-corrected chi connectivity index (χ2v) is 9.28. The van der Waals surface area contributed by atoms with E-state index in [2.05, 4.69) is 27.4 Å². The molecule has 4 aromatic heterocycles. The number of rotatable bonds is 4. The van der Waals surface area contributed by atoms with E-state index in [9.17, 15) is 9.59 Å². The van der Waals surface area contributed by atoms with E-state index in [-0.39, 0.29) is 16.9 Å². The molecule has 0 radical (unpaired) electrons. The van der Waals surface area contributed by atoms with Gasteiger partial charge in [0.15, 0.2) is 5.82 Å². The number of nitrogens with one attached hydrogen (secondary N) is 1. The average molecular weight is 529 g/mol. The van der Waals surface area contributed by atoms with Crippen LogP contribution in [-0.4, -0.2) is 34.9 Å². The topological polar surface area (TPSA) is 125 Å². The number of nitrogens with zero attached hydrogens (tertiary/aromatic N) is 6. The smallest absolute Gasteiger partial charge is 0.267 e. The number of aromatic nitrogens is 6. The number of para-hydroxylation sites is 1. The van der Waals surface area contributed by atoms with Crippen molar-refractivity contribution in [2.75, 3.05) is 5.73 Å². The molecule has 6 aromatic rings. The van der Waals surface area contributed by atoms with Gasteiger partial charge in [0.05, 0.1) is 39.9 Å². The van der Waals surface area contributed by atoms with E-state index in [0.29, 0.717) is 33.5 Å². The molecule has 3 N–H and O–H groups in total. The van der Waals surface area contributed by atoms with E-state index < -0.39 is 11.9 Å². The Bertz CT molecular complexity index is 2030. The molecule has 0 saturated heterocycles. The highest BCUT2D eigenvalue weighted by Crippen LogP contribution is 2.22. The number of hydrogen-bond acceptors (Lipinski definition) is 6. The Morgan fingerprint density at radius 3 is 2.60 bits per heavy atom. The van der Waals surface area contributed by atoms with E-state index in [1.807, 2.05) is 49.5 Å². The predicted octanol–water partition coefficient (Wildman–Crippen LogP) is 3.24. The largest absolute Gasteiger partial charge is 0.382 e. The first kappa shape index (κ1) is 24.6. The molecule has 0 bridgehead atoms.